The number of nitrogens with zero attached hydrogens (tertiary/aromatic N) is 1. The van der Waals surface area contributed by atoms with Gasteiger partial charge < -0.3 is 25.8 Å². The largest absolute Gasteiger partial charge is 0.428 e. The van der Waals surface area contributed by atoms with Crippen LogP contribution in [0.2, 0.25) is 0 Å². The van der Waals surface area contributed by atoms with Crippen molar-refractivity contribution in [1.82, 2.24) is 15.5 Å². The van der Waals surface area contributed by atoms with Gasteiger partial charge in [0.2, 0.25) is 6.23 Å². The van der Waals surface area contributed by atoms with Gasteiger partial charge in [0.25, 0.3) is 11.8 Å². The lowest BCUT2D eigenvalue weighted by Gasteiger charge is -2.35. The highest BCUT2D eigenvalue weighted by atomic mass is 19.4. The Labute approximate surface area is 194 Å². The maximum atomic E-state index is 12.9. The predicted molar refractivity (Wildman–Crippen MR) is 118 cm³/mol. The van der Waals surface area contributed by atoms with E-state index in [2.05, 4.69) is 5.32 Å². The van der Waals surface area contributed by atoms with Gasteiger partial charge in [0.15, 0.2) is 0 Å². The standard InChI is InChI=1S/C23H27F3N4O4/c1-14-2-4-17(5-3-14)21(32)30-10-11-34-13-18(30)12-28-20(31)16-8-6-15(7-9-16)19(27)29-22(33)23(24,25)26/h2-9,18-19,22,29,33H,10-13,27H2,1H3,(H,28,31). The third-order valence-corrected chi connectivity index (χ3v) is 5.46. The number of amides is 2. The molecule has 2 amide bonds. The van der Waals surface area contributed by atoms with Crippen LogP contribution in [0.4, 0.5) is 13.2 Å². The number of benzene rings is 2. The van der Waals surface area contributed by atoms with E-state index in [0.29, 0.717) is 18.7 Å². The van der Waals surface area contributed by atoms with Crippen LogP contribution in [-0.4, -0.2) is 66.6 Å². The van der Waals surface area contributed by atoms with Crippen LogP contribution in [0.1, 0.15) is 38.0 Å². The Morgan fingerprint density at radius 3 is 2.38 bits per heavy atom. The van der Waals surface area contributed by atoms with Crippen molar-refractivity contribution < 1.29 is 32.6 Å². The molecule has 8 nitrogen and oxygen atoms in total. The van der Waals surface area contributed by atoms with Crippen LogP contribution >= 0.6 is 0 Å². The zero-order valence-electron chi connectivity index (χ0n) is 18.5. The second kappa shape index (κ2) is 11.0. The fourth-order valence-electron chi connectivity index (χ4n) is 3.47. The average Bonchev–Trinajstić information content (AvgIpc) is 2.82. The summed E-state index contributed by atoms with van der Waals surface area (Å²) in [7, 11) is 0. The summed E-state index contributed by atoms with van der Waals surface area (Å²) >= 11 is 0. The lowest BCUT2D eigenvalue weighted by molar-refractivity contribution is -0.216. The van der Waals surface area contributed by atoms with Gasteiger partial charge in [-0.1, -0.05) is 29.8 Å². The Kier molecular flexibility index (Phi) is 8.26. The number of carbonyl (C=O) groups is 2. The molecule has 1 aliphatic heterocycles. The quantitative estimate of drug-likeness (QED) is 0.448. The van der Waals surface area contributed by atoms with E-state index in [-0.39, 0.29) is 36.2 Å². The summed E-state index contributed by atoms with van der Waals surface area (Å²) in [4.78, 5) is 27.2. The molecule has 34 heavy (non-hydrogen) atoms. The molecule has 0 bridgehead atoms. The molecule has 1 heterocycles. The molecular weight excluding hydrogens is 453 g/mol. The fraction of sp³-hybridized carbons (Fsp3) is 0.391. The molecule has 3 unspecified atom stereocenters. The van der Waals surface area contributed by atoms with Crippen LogP contribution in [0.15, 0.2) is 48.5 Å². The molecule has 3 rings (SSSR count). The van der Waals surface area contributed by atoms with Gasteiger partial charge in [0, 0.05) is 24.2 Å². The fourth-order valence-corrected chi connectivity index (χ4v) is 3.47. The highest BCUT2D eigenvalue weighted by molar-refractivity contribution is 5.95. The van der Waals surface area contributed by atoms with Gasteiger partial charge in [-0.15, -0.1) is 0 Å². The average molecular weight is 480 g/mol. The Hall–Kier alpha value is -2.99. The number of aliphatic hydroxyl groups excluding tert-OH is 1. The lowest BCUT2D eigenvalue weighted by Crippen LogP contribution is -2.53. The third-order valence-electron chi connectivity index (χ3n) is 5.46. The molecule has 2 aromatic carbocycles. The normalized spacial score (nSPS) is 18.3. The molecule has 184 valence electrons. The van der Waals surface area contributed by atoms with E-state index >= 15 is 0 Å². The Morgan fingerprint density at radius 1 is 1.15 bits per heavy atom. The molecule has 0 aliphatic carbocycles. The summed E-state index contributed by atoms with van der Waals surface area (Å²) in [6, 6.07) is 12.5. The molecular formula is C23H27F3N4O4. The molecule has 1 saturated heterocycles. The summed E-state index contributed by atoms with van der Waals surface area (Å²) in [6.07, 6.45) is -8.90. The Morgan fingerprint density at radius 2 is 1.76 bits per heavy atom. The number of morpholine rings is 1. The van der Waals surface area contributed by atoms with Crippen LogP contribution < -0.4 is 16.4 Å². The first-order chi connectivity index (χ1) is 16.1. The van der Waals surface area contributed by atoms with E-state index in [9.17, 15) is 22.8 Å². The smallest absolute Gasteiger partial charge is 0.377 e. The van der Waals surface area contributed by atoms with Gasteiger partial charge in [0.05, 0.1) is 25.4 Å². The number of ether oxygens (including phenoxy) is 1. The van der Waals surface area contributed by atoms with Crippen molar-refractivity contribution in [3.8, 4) is 0 Å². The van der Waals surface area contributed by atoms with Gasteiger partial charge in [0.1, 0.15) is 0 Å². The number of aryl methyl sites for hydroxylation is 1. The second-order valence-electron chi connectivity index (χ2n) is 8.01. The molecule has 1 fully saturated rings. The zero-order chi connectivity index (χ0) is 24.9. The molecule has 0 saturated carbocycles. The van der Waals surface area contributed by atoms with Crippen molar-refractivity contribution >= 4 is 11.8 Å². The van der Waals surface area contributed by atoms with E-state index in [1.807, 2.05) is 24.4 Å². The third kappa shape index (κ3) is 6.54. The van der Waals surface area contributed by atoms with E-state index in [0.717, 1.165) is 5.56 Å². The first-order valence-corrected chi connectivity index (χ1v) is 10.7. The number of halogens is 3. The summed E-state index contributed by atoms with van der Waals surface area (Å²) < 4.78 is 42.9. The molecule has 0 aromatic heterocycles. The minimum atomic E-state index is -4.85. The van der Waals surface area contributed by atoms with Crippen LogP contribution in [0, 0.1) is 6.92 Å². The maximum absolute atomic E-state index is 12.9. The van der Waals surface area contributed by atoms with Gasteiger partial charge in [-0.05, 0) is 36.8 Å². The number of nitrogens with one attached hydrogen (secondary N) is 2. The van der Waals surface area contributed by atoms with Crippen LogP contribution in [0.25, 0.3) is 0 Å². The summed E-state index contributed by atoms with van der Waals surface area (Å²) in [5.41, 5.74) is 7.77. The maximum Gasteiger partial charge on any atom is 0.428 e. The number of carbonyl (C=O) groups excluding carboxylic acids is 2. The van der Waals surface area contributed by atoms with Crippen molar-refractivity contribution in [3.05, 3.63) is 70.8 Å². The zero-order valence-corrected chi connectivity index (χ0v) is 18.5. The molecule has 0 spiro atoms. The SMILES string of the molecule is Cc1ccc(C(=O)N2CCOCC2CNC(=O)c2ccc(C(N)NC(O)C(F)(F)F)cc2)cc1. The van der Waals surface area contributed by atoms with E-state index < -0.39 is 24.5 Å². The van der Waals surface area contributed by atoms with Crippen molar-refractivity contribution in [3.63, 3.8) is 0 Å². The molecule has 3 atom stereocenters. The minimum Gasteiger partial charge on any atom is -0.377 e. The van der Waals surface area contributed by atoms with E-state index in [1.165, 1.54) is 24.3 Å². The number of hydrogen-bond acceptors (Lipinski definition) is 6. The van der Waals surface area contributed by atoms with Gasteiger partial charge in [-0.2, -0.15) is 13.2 Å². The highest BCUT2D eigenvalue weighted by Crippen LogP contribution is 2.20. The van der Waals surface area contributed by atoms with Gasteiger partial charge in [-0.3, -0.25) is 14.9 Å². The van der Waals surface area contributed by atoms with Crippen molar-refractivity contribution in [2.75, 3.05) is 26.3 Å². The molecule has 1 aliphatic rings. The van der Waals surface area contributed by atoms with Crippen molar-refractivity contribution in [1.29, 1.82) is 0 Å². The van der Waals surface area contributed by atoms with Crippen LogP contribution in [-0.2, 0) is 4.74 Å². The number of nitrogens with two attached hydrogens (primary N) is 1. The highest BCUT2D eigenvalue weighted by Gasteiger charge is 2.39. The number of alkyl halides is 3. The van der Waals surface area contributed by atoms with Crippen molar-refractivity contribution in [2.45, 2.75) is 31.5 Å². The number of aliphatic hydroxyl groups is 1. The minimum absolute atomic E-state index is 0.144. The number of rotatable bonds is 7. The topological polar surface area (TPSA) is 117 Å². The number of hydrogen-bond donors (Lipinski definition) is 4. The van der Waals surface area contributed by atoms with Gasteiger partial charge in [-0.25, -0.2) is 0 Å². The molecule has 11 heteroatoms. The summed E-state index contributed by atoms with van der Waals surface area (Å²) in [5, 5.41) is 13.7. The van der Waals surface area contributed by atoms with E-state index in [1.54, 1.807) is 17.0 Å². The lowest BCUT2D eigenvalue weighted by atomic mass is 10.1. The van der Waals surface area contributed by atoms with Crippen molar-refractivity contribution in [2.24, 2.45) is 5.73 Å². The van der Waals surface area contributed by atoms with Crippen LogP contribution in [0.3, 0.4) is 0 Å². The van der Waals surface area contributed by atoms with Crippen LogP contribution in [0.5, 0.6) is 0 Å². The molecule has 0 radical (unpaired) electrons. The first kappa shape index (κ1) is 25.6. The second-order valence-corrected chi connectivity index (χ2v) is 8.01. The molecule has 2 aromatic rings. The Bertz CT molecular complexity index is 983. The predicted octanol–water partition coefficient (Wildman–Crippen LogP) is 1.69. The summed E-state index contributed by atoms with van der Waals surface area (Å²) in [6.45, 7) is 3.18. The molecule has 5 N–H and O–H groups in total. The monoisotopic (exact) mass is 480 g/mol. The summed E-state index contributed by atoms with van der Waals surface area (Å²) in [5.74, 6) is -0.564. The first-order valence-electron chi connectivity index (χ1n) is 10.7. The van der Waals surface area contributed by atoms with E-state index in [4.69, 9.17) is 15.6 Å². The van der Waals surface area contributed by atoms with Gasteiger partial charge >= 0.3 is 6.18 Å². The Balaban J connectivity index is 1.58.